The summed E-state index contributed by atoms with van der Waals surface area (Å²) in [6.45, 7) is 0. The van der Waals surface area contributed by atoms with E-state index in [-0.39, 0.29) is 17.9 Å². The lowest BCUT2D eigenvalue weighted by Gasteiger charge is -2.29. The van der Waals surface area contributed by atoms with Crippen molar-refractivity contribution in [3.63, 3.8) is 0 Å². The van der Waals surface area contributed by atoms with Crippen LogP contribution in [0.2, 0.25) is 0 Å². The van der Waals surface area contributed by atoms with Crippen molar-refractivity contribution >= 4 is 23.2 Å². The molecule has 84 valence electrons. The summed E-state index contributed by atoms with van der Waals surface area (Å²) in [5, 5.41) is 3.58. The van der Waals surface area contributed by atoms with Gasteiger partial charge in [0.1, 0.15) is 0 Å². The van der Waals surface area contributed by atoms with E-state index in [1.165, 1.54) is 22.7 Å². The smallest absolute Gasteiger partial charge is 0.262 e. The van der Waals surface area contributed by atoms with Crippen LogP contribution in [-0.2, 0) is 0 Å². The fourth-order valence-corrected chi connectivity index (χ4v) is 3.45. The Morgan fingerprint density at radius 3 is 2.12 bits per heavy atom. The molecular weight excluding hydrogens is 222 g/mol. The summed E-state index contributed by atoms with van der Waals surface area (Å²) in [4.78, 5) is 25.7. The second kappa shape index (κ2) is 3.70. The minimum atomic E-state index is -0.0758. The van der Waals surface area contributed by atoms with Gasteiger partial charge >= 0.3 is 0 Å². The van der Waals surface area contributed by atoms with Crippen LogP contribution in [0.5, 0.6) is 0 Å². The molecule has 16 heavy (non-hydrogen) atoms. The molecule has 2 amide bonds. The molecule has 1 fully saturated rings. The number of imide groups is 1. The minimum absolute atomic E-state index is 0.0758. The zero-order chi connectivity index (χ0) is 11.1. The molecule has 1 aromatic heterocycles. The molecule has 0 N–H and O–H groups in total. The van der Waals surface area contributed by atoms with Crippen molar-refractivity contribution in [1.82, 2.24) is 4.90 Å². The maximum Gasteiger partial charge on any atom is 0.262 e. The highest BCUT2D eigenvalue weighted by Crippen LogP contribution is 2.32. The highest BCUT2D eigenvalue weighted by atomic mass is 32.1. The van der Waals surface area contributed by atoms with Crippen LogP contribution in [0.1, 0.15) is 52.8 Å². The van der Waals surface area contributed by atoms with Crippen LogP contribution in [0.25, 0.3) is 0 Å². The van der Waals surface area contributed by atoms with E-state index in [9.17, 15) is 9.59 Å². The first-order chi connectivity index (χ1) is 7.79. The summed E-state index contributed by atoms with van der Waals surface area (Å²) in [7, 11) is 0. The van der Waals surface area contributed by atoms with Crippen molar-refractivity contribution in [1.29, 1.82) is 0 Å². The molecule has 2 heterocycles. The first kappa shape index (κ1) is 10.0. The van der Waals surface area contributed by atoms with Gasteiger partial charge in [-0.05, 0) is 12.8 Å². The number of amides is 2. The monoisotopic (exact) mass is 235 g/mol. The normalized spacial score (nSPS) is 21.6. The molecule has 1 aromatic rings. The lowest BCUT2D eigenvalue weighted by atomic mass is 9.94. The molecule has 0 aromatic carbocycles. The number of carbonyl (C=O) groups is 2. The summed E-state index contributed by atoms with van der Waals surface area (Å²) in [6, 6.07) is 0.145. The van der Waals surface area contributed by atoms with E-state index in [4.69, 9.17) is 0 Å². The van der Waals surface area contributed by atoms with Crippen LogP contribution in [0, 0.1) is 0 Å². The largest absolute Gasteiger partial charge is 0.271 e. The molecule has 0 unspecified atom stereocenters. The van der Waals surface area contributed by atoms with Gasteiger partial charge in [0.25, 0.3) is 11.8 Å². The molecule has 0 radical (unpaired) electrons. The van der Waals surface area contributed by atoms with Crippen LogP contribution in [0.3, 0.4) is 0 Å². The maximum absolute atomic E-state index is 12.1. The molecule has 4 heteroatoms. The van der Waals surface area contributed by atoms with Gasteiger partial charge in [-0.2, -0.15) is 11.3 Å². The van der Waals surface area contributed by atoms with Gasteiger partial charge in [0.15, 0.2) is 0 Å². The summed E-state index contributed by atoms with van der Waals surface area (Å²) < 4.78 is 0. The van der Waals surface area contributed by atoms with Gasteiger partial charge in [-0.3, -0.25) is 14.5 Å². The number of hydrogen-bond acceptors (Lipinski definition) is 3. The average Bonchev–Trinajstić information content (AvgIpc) is 2.86. The number of hydrogen-bond donors (Lipinski definition) is 0. The zero-order valence-electron chi connectivity index (χ0n) is 8.94. The fourth-order valence-electron chi connectivity index (χ4n) is 2.65. The number of nitrogens with zero attached hydrogens (tertiary/aromatic N) is 1. The van der Waals surface area contributed by atoms with Crippen molar-refractivity contribution in [3.8, 4) is 0 Å². The Balaban J connectivity index is 1.91. The zero-order valence-corrected chi connectivity index (χ0v) is 9.76. The molecule has 2 aliphatic rings. The summed E-state index contributed by atoms with van der Waals surface area (Å²) in [6.07, 6.45) is 5.45. The van der Waals surface area contributed by atoms with Gasteiger partial charge in [-0.25, -0.2) is 0 Å². The Labute approximate surface area is 98.1 Å². The first-order valence-corrected chi connectivity index (χ1v) is 6.67. The maximum atomic E-state index is 12.1. The van der Waals surface area contributed by atoms with Gasteiger partial charge in [0.05, 0.1) is 11.1 Å². The highest BCUT2D eigenvalue weighted by molar-refractivity contribution is 7.08. The molecule has 0 spiro atoms. The molecule has 0 saturated heterocycles. The second-order valence-corrected chi connectivity index (χ2v) is 5.21. The Morgan fingerprint density at radius 2 is 1.56 bits per heavy atom. The van der Waals surface area contributed by atoms with Gasteiger partial charge in [0.2, 0.25) is 0 Å². The van der Waals surface area contributed by atoms with Gasteiger partial charge < -0.3 is 0 Å². The molecule has 3 rings (SSSR count). The topological polar surface area (TPSA) is 37.4 Å². The predicted octanol–water partition coefficient (Wildman–Crippen LogP) is 2.68. The van der Waals surface area contributed by atoms with Crippen molar-refractivity contribution < 1.29 is 9.59 Å². The minimum Gasteiger partial charge on any atom is -0.271 e. The van der Waals surface area contributed by atoms with E-state index < -0.39 is 0 Å². The van der Waals surface area contributed by atoms with Crippen LogP contribution in [-0.4, -0.2) is 22.8 Å². The molecular formula is C12H13NO2S. The Hall–Kier alpha value is -1.16. The molecule has 3 nitrogen and oxygen atoms in total. The number of thiophene rings is 1. The third kappa shape index (κ3) is 1.33. The molecule has 1 aliphatic carbocycles. The van der Waals surface area contributed by atoms with Crippen molar-refractivity contribution in [3.05, 3.63) is 21.9 Å². The standard InChI is InChI=1S/C12H13NO2S/c14-11-9-6-16-7-10(9)12(15)13(11)8-4-2-1-3-5-8/h6-8H,1-5H2. The van der Waals surface area contributed by atoms with E-state index >= 15 is 0 Å². The fraction of sp³-hybridized carbons (Fsp3) is 0.500. The molecule has 0 atom stereocenters. The molecule has 1 aliphatic heterocycles. The second-order valence-electron chi connectivity index (χ2n) is 4.47. The van der Waals surface area contributed by atoms with Crippen LogP contribution < -0.4 is 0 Å². The van der Waals surface area contributed by atoms with Gasteiger partial charge in [-0.15, -0.1) is 0 Å². The Morgan fingerprint density at radius 1 is 1.00 bits per heavy atom. The SMILES string of the molecule is O=C1c2cscc2C(=O)N1C1CCCCC1. The van der Waals surface area contributed by atoms with E-state index in [1.807, 2.05) is 0 Å². The van der Waals surface area contributed by atoms with Crippen LogP contribution in [0.4, 0.5) is 0 Å². The quantitative estimate of drug-likeness (QED) is 0.702. The first-order valence-electron chi connectivity index (χ1n) is 5.73. The molecule has 0 bridgehead atoms. The lowest BCUT2D eigenvalue weighted by Crippen LogP contribution is -2.40. The third-order valence-electron chi connectivity index (χ3n) is 3.50. The van der Waals surface area contributed by atoms with E-state index in [2.05, 4.69) is 0 Å². The van der Waals surface area contributed by atoms with E-state index in [1.54, 1.807) is 10.8 Å². The lowest BCUT2D eigenvalue weighted by molar-refractivity contribution is 0.0549. The van der Waals surface area contributed by atoms with E-state index in [0.29, 0.717) is 11.1 Å². The van der Waals surface area contributed by atoms with E-state index in [0.717, 1.165) is 25.7 Å². The van der Waals surface area contributed by atoms with Crippen molar-refractivity contribution in [2.45, 2.75) is 38.1 Å². The average molecular weight is 235 g/mol. The van der Waals surface area contributed by atoms with Crippen LogP contribution in [0.15, 0.2) is 10.8 Å². The Kier molecular flexibility index (Phi) is 2.32. The molecule has 1 saturated carbocycles. The van der Waals surface area contributed by atoms with Crippen molar-refractivity contribution in [2.75, 3.05) is 0 Å². The summed E-state index contributed by atoms with van der Waals surface area (Å²) in [5.74, 6) is -0.152. The predicted molar refractivity (Wildman–Crippen MR) is 61.7 cm³/mol. The summed E-state index contributed by atoms with van der Waals surface area (Å²) >= 11 is 1.43. The van der Waals surface area contributed by atoms with Gasteiger partial charge in [0, 0.05) is 16.8 Å². The van der Waals surface area contributed by atoms with Crippen molar-refractivity contribution in [2.24, 2.45) is 0 Å². The van der Waals surface area contributed by atoms with Gasteiger partial charge in [-0.1, -0.05) is 19.3 Å². The third-order valence-corrected chi connectivity index (χ3v) is 4.24. The number of fused-ring (bicyclic) bond motifs is 1. The number of rotatable bonds is 1. The summed E-state index contributed by atoms with van der Waals surface area (Å²) in [5.41, 5.74) is 1.22. The van der Waals surface area contributed by atoms with Crippen LogP contribution >= 0.6 is 11.3 Å². The number of carbonyl (C=O) groups excluding carboxylic acids is 2. The highest BCUT2D eigenvalue weighted by Gasteiger charge is 2.40. The Bertz CT molecular complexity index is 415.